The maximum absolute atomic E-state index is 5.69. The number of aliphatic imine (C=N–C) groups is 1. The van der Waals surface area contributed by atoms with Gasteiger partial charge in [0.1, 0.15) is 5.75 Å². The first kappa shape index (κ1) is 23.0. The van der Waals surface area contributed by atoms with Crippen LogP contribution >= 0.6 is 24.0 Å². The first-order valence-electron chi connectivity index (χ1n) is 9.39. The SMILES string of the molecule is CCN1CCN(CCNC(=NC)NCCCOc2ccccc2)CC1.I. The lowest BCUT2D eigenvalue weighted by Crippen LogP contribution is -2.49. The molecule has 0 unspecified atom stereocenters. The van der Waals surface area contributed by atoms with Gasteiger partial charge >= 0.3 is 0 Å². The lowest BCUT2D eigenvalue weighted by atomic mass is 10.3. The van der Waals surface area contributed by atoms with Crippen molar-refractivity contribution in [1.82, 2.24) is 20.4 Å². The standard InChI is InChI=1S/C19H33N5O.HI/c1-3-23-13-15-24(16-14-23)12-11-22-19(20-2)21-10-7-17-25-18-8-5-4-6-9-18;/h4-6,8-9H,3,7,10-17H2,1-2H3,(H2,20,21,22);1H. The molecule has 0 amide bonds. The lowest BCUT2D eigenvalue weighted by Gasteiger charge is -2.34. The number of hydrogen-bond donors (Lipinski definition) is 2. The molecule has 0 aliphatic carbocycles. The van der Waals surface area contributed by atoms with Crippen LogP contribution in [0.5, 0.6) is 5.75 Å². The molecule has 26 heavy (non-hydrogen) atoms. The van der Waals surface area contributed by atoms with Gasteiger partial charge in [0.25, 0.3) is 0 Å². The van der Waals surface area contributed by atoms with Crippen molar-refractivity contribution in [2.45, 2.75) is 13.3 Å². The van der Waals surface area contributed by atoms with E-state index in [1.807, 2.05) is 37.4 Å². The minimum absolute atomic E-state index is 0. The summed E-state index contributed by atoms with van der Waals surface area (Å²) < 4.78 is 5.69. The van der Waals surface area contributed by atoms with Crippen LogP contribution in [0.3, 0.4) is 0 Å². The number of guanidine groups is 1. The molecule has 1 aromatic rings. The van der Waals surface area contributed by atoms with Gasteiger partial charge in [-0.05, 0) is 25.1 Å². The molecule has 148 valence electrons. The van der Waals surface area contributed by atoms with Crippen LogP contribution in [0.2, 0.25) is 0 Å². The molecule has 1 heterocycles. The summed E-state index contributed by atoms with van der Waals surface area (Å²) in [7, 11) is 1.82. The van der Waals surface area contributed by atoms with E-state index in [9.17, 15) is 0 Å². The average molecular weight is 475 g/mol. The summed E-state index contributed by atoms with van der Waals surface area (Å²) in [5.74, 6) is 1.79. The number of piperazine rings is 1. The number of nitrogens with zero attached hydrogens (tertiary/aromatic N) is 3. The molecule has 0 spiro atoms. The summed E-state index contributed by atoms with van der Waals surface area (Å²) in [6.45, 7) is 11.6. The van der Waals surface area contributed by atoms with E-state index < -0.39 is 0 Å². The fraction of sp³-hybridized carbons (Fsp3) is 0.632. The summed E-state index contributed by atoms with van der Waals surface area (Å²) in [4.78, 5) is 9.29. The summed E-state index contributed by atoms with van der Waals surface area (Å²) in [5.41, 5.74) is 0. The Balaban J connectivity index is 0.00000338. The lowest BCUT2D eigenvalue weighted by molar-refractivity contribution is 0.139. The van der Waals surface area contributed by atoms with Gasteiger partial charge in [-0.3, -0.25) is 9.89 Å². The minimum atomic E-state index is 0. The Kier molecular flexibility index (Phi) is 12.4. The van der Waals surface area contributed by atoms with Gasteiger partial charge in [0.15, 0.2) is 5.96 Å². The second-order valence-electron chi connectivity index (χ2n) is 6.22. The highest BCUT2D eigenvalue weighted by Crippen LogP contribution is 2.08. The minimum Gasteiger partial charge on any atom is -0.494 e. The topological polar surface area (TPSA) is 52.1 Å². The molecule has 0 bridgehead atoms. The predicted molar refractivity (Wildman–Crippen MR) is 120 cm³/mol. The molecule has 0 radical (unpaired) electrons. The van der Waals surface area contributed by atoms with Gasteiger partial charge in [0, 0.05) is 52.9 Å². The highest BCUT2D eigenvalue weighted by molar-refractivity contribution is 14.0. The van der Waals surface area contributed by atoms with Crippen LogP contribution in [0.15, 0.2) is 35.3 Å². The third-order valence-corrected chi connectivity index (χ3v) is 4.48. The zero-order valence-corrected chi connectivity index (χ0v) is 18.4. The summed E-state index contributed by atoms with van der Waals surface area (Å²) >= 11 is 0. The number of hydrogen-bond acceptors (Lipinski definition) is 4. The smallest absolute Gasteiger partial charge is 0.191 e. The van der Waals surface area contributed by atoms with Gasteiger partial charge in [0.05, 0.1) is 6.61 Å². The first-order valence-corrected chi connectivity index (χ1v) is 9.39. The van der Waals surface area contributed by atoms with Crippen molar-refractivity contribution in [3.05, 3.63) is 30.3 Å². The molecule has 2 rings (SSSR count). The Bertz CT molecular complexity index is 492. The number of halogens is 1. The third-order valence-electron chi connectivity index (χ3n) is 4.48. The predicted octanol–water partition coefficient (Wildman–Crippen LogP) is 1.88. The Morgan fingerprint density at radius 1 is 1.04 bits per heavy atom. The fourth-order valence-electron chi connectivity index (χ4n) is 2.87. The molecule has 1 aliphatic heterocycles. The Labute approximate surface area is 175 Å². The van der Waals surface area contributed by atoms with E-state index in [0.717, 1.165) is 44.3 Å². The van der Waals surface area contributed by atoms with Crippen molar-refractivity contribution in [2.75, 3.05) is 66.0 Å². The molecule has 2 N–H and O–H groups in total. The zero-order valence-electron chi connectivity index (χ0n) is 16.1. The maximum atomic E-state index is 5.69. The van der Waals surface area contributed by atoms with E-state index in [4.69, 9.17) is 4.74 Å². The third kappa shape index (κ3) is 9.05. The zero-order chi connectivity index (χ0) is 17.7. The second kappa shape index (κ2) is 14.1. The van der Waals surface area contributed by atoms with E-state index >= 15 is 0 Å². The summed E-state index contributed by atoms with van der Waals surface area (Å²) in [6.07, 6.45) is 0.939. The Morgan fingerprint density at radius 3 is 2.35 bits per heavy atom. The molecule has 0 atom stereocenters. The van der Waals surface area contributed by atoms with E-state index in [2.05, 4.69) is 32.3 Å². The van der Waals surface area contributed by atoms with Crippen molar-refractivity contribution in [1.29, 1.82) is 0 Å². The Hall–Kier alpha value is -1.06. The highest BCUT2D eigenvalue weighted by atomic mass is 127. The molecule has 1 aliphatic rings. The van der Waals surface area contributed by atoms with E-state index in [0.29, 0.717) is 6.61 Å². The van der Waals surface area contributed by atoms with Gasteiger partial charge in [-0.2, -0.15) is 0 Å². The van der Waals surface area contributed by atoms with Crippen molar-refractivity contribution < 1.29 is 4.74 Å². The van der Waals surface area contributed by atoms with Crippen LogP contribution in [0.1, 0.15) is 13.3 Å². The maximum Gasteiger partial charge on any atom is 0.191 e. The van der Waals surface area contributed by atoms with Gasteiger partial charge in [0.2, 0.25) is 0 Å². The number of benzene rings is 1. The molecule has 6 nitrogen and oxygen atoms in total. The molecule has 0 saturated carbocycles. The molecule has 1 fully saturated rings. The second-order valence-corrected chi connectivity index (χ2v) is 6.22. The quantitative estimate of drug-likeness (QED) is 0.247. The van der Waals surface area contributed by atoms with Gasteiger partial charge in [-0.15, -0.1) is 24.0 Å². The van der Waals surface area contributed by atoms with Crippen LogP contribution in [0.4, 0.5) is 0 Å². The van der Waals surface area contributed by atoms with Crippen LogP contribution in [-0.4, -0.2) is 81.8 Å². The number of likely N-dealkylation sites (N-methyl/N-ethyl adjacent to an activating group) is 1. The van der Waals surface area contributed by atoms with E-state index in [-0.39, 0.29) is 24.0 Å². The van der Waals surface area contributed by atoms with Crippen molar-refractivity contribution >= 4 is 29.9 Å². The highest BCUT2D eigenvalue weighted by Gasteiger charge is 2.14. The van der Waals surface area contributed by atoms with Crippen LogP contribution in [0.25, 0.3) is 0 Å². The van der Waals surface area contributed by atoms with Gasteiger partial charge < -0.3 is 20.3 Å². The first-order chi connectivity index (χ1) is 12.3. The van der Waals surface area contributed by atoms with Gasteiger partial charge in [-0.1, -0.05) is 25.1 Å². The Morgan fingerprint density at radius 2 is 1.69 bits per heavy atom. The van der Waals surface area contributed by atoms with Crippen LogP contribution < -0.4 is 15.4 Å². The van der Waals surface area contributed by atoms with Crippen LogP contribution in [-0.2, 0) is 0 Å². The van der Waals surface area contributed by atoms with E-state index in [1.54, 1.807) is 0 Å². The summed E-state index contributed by atoms with van der Waals surface area (Å²) in [6, 6.07) is 9.93. The molecule has 0 aromatic heterocycles. The molecular weight excluding hydrogens is 441 g/mol. The molecule has 1 saturated heterocycles. The van der Waals surface area contributed by atoms with Crippen LogP contribution in [0, 0.1) is 0 Å². The monoisotopic (exact) mass is 475 g/mol. The van der Waals surface area contributed by atoms with Crippen molar-refractivity contribution in [3.8, 4) is 5.75 Å². The van der Waals surface area contributed by atoms with E-state index in [1.165, 1.54) is 26.2 Å². The summed E-state index contributed by atoms with van der Waals surface area (Å²) in [5, 5.41) is 6.74. The number of nitrogens with one attached hydrogen (secondary N) is 2. The van der Waals surface area contributed by atoms with Crippen molar-refractivity contribution in [2.24, 2.45) is 4.99 Å². The molecule has 7 heteroatoms. The fourth-order valence-corrected chi connectivity index (χ4v) is 2.87. The molecular formula is C19H34IN5O. The van der Waals surface area contributed by atoms with Crippen molar-refractivity contribution in [3.63, 3.8) is 0 Å². The normalized spacial score (nSPS) is 16.0. The van der Waals surface area contributed by atoms with Gasteiger partial charge in [-0.25, -0.2) is 0 Å². The number of rotatable bonds is 9. The average Bonchev–Trinajstić information content (AvgIpc) is 2.67. The molecule has 1 aromatic carbocycles. The largest absolute Gasteiger partial charge is 0.494 e. The number of ether oxygens (including phenoxy) is 1. The number of para-hydroxylation sites is 1.